The predicted molar refractivity (Wildman–Crippen MR) is 106 cm³/mol. The molecule has 0 amide bonds. The van der Waals surface area contributed by atoms with Crippen LogP contribution in [0.15, 0.2) is 0 Å². The molecule has 2 atom stereocenters. The van der Waals surface area contributed by atoms with Crippen molar-refractivity contribution in [3.05, 3.63) is 0 Å². The topological polar surface area (TPSA) is 99.1 Å². The first-order valence-corrected chi connectivity index (χ1v) is 10.6. The van der Waals surface area contributed by atoms with Crippen LogP contribution in [0.3, 0.4) is 0 Å². The zero-order valence-corrected chi connectivity index (χ0v) is 17.7. The Morgan fingerprint density at radius 2 is 1.29 bits per heavy atom. The standard InChI is InChI=1S/C21H38O7/c1-4-6-8-10-13-26-19(23)16-18(17(3)20(24)28-15-12-22)21(25)27-14-11-9-7-5-2/h17-18,22H,4-16H2,1-3H3. The lowest BCUT2D eigenvalue weighted by Gasteiger charge is -2.21. The molecule has 0 aliphatic rings. The monoisotopic (exact) mass is 402 g/mol. The Bertz CT molecular complexity index is 436. The van der Waals surface area contributed by atoms with Crippen molar-refractivity contribution < 1.29 is 33.7 Å². The van der Waals surface area contributed by atoms with E-state index in [-0.39, 0.29) is 26.2 Å². The lowest BCUT2D eigenvalue weighted by atomic mass is 9.91. The summed E-state index contributed by atoms with van der Waals surface area (Å²) in [5.41, 5.74) is 0. The van der Waals surface area contributed by atoms with Gasteiger partial charge in [-0.2, -0.15) is 0 Å². The molecule has 7 nitrogen and oxygen atoms in total. The van der Waals surface area contributed by atoms with E-state index in [4.69, 9.17) is 19.3 Å². The summed E-state index contributed by atoms with van der Waals surface area (Å²) in [6.45, 7) is 5.84. The number of hydrogen-bond donors (Lipinski definition) is 1. The molecule has 164 valence electrons. The lowest BCUT2D eigenvalue weighted by molar-refractivity contribution is -0.164. The molecule has 1 N–H and O–H groups in total. The van der Waals surface area contributed by atoms with Crippen LogP contribution in [-0.2, 0) is 28.6 Å². The molecule has 0 saturated carbocycles. The molecular formula is C21H38O7. The summed E-state index contributed by atoms with van der Waals surface area (Å²) in [4.78, 5) is 36.7. The number of carbonyl (C=O) groups excluding carboxylic acids is 3. The maximum Gasteiger partial charge on any atom is 0.310 e. The van der Waals surface area contributed by atoms with Crippen LogP contribution in [0.1, 0.15) is 78.6 Å². The molecule has 0 rings (SSSR count). The van der Waals surface area contributed by atoms with Crippen molar-refractivity contribution in [1.29, 1.82) is 0 Å². The van der Waals surface area contributed by atoms with Crippen LogP contribution in [-0.4, -0.2) is 49.4 Å². The van der Waals surface area contributed by atoms with E-state index in [1.807, 2.05) is 0 Å². The van der Waals surface area contributed by atoms with E-state index in [1.54, 1.807) is 0 Å². The minimum Gasteiger partial charge on any atom is -0.466 e. The Kier molecular flexibility index (Phi) is 16.5. The van der Waals surface area contributed by atoms with E-state index >= 15 is 0 Å². The van der Waals surface area contributed by atoms with Crippen molar-refractivity contribution in [2.24, 2.45) is 11.8 Å². The molecule has 0 radical (unpaired) electrons. The van der Waals surface area contributed by atoms with Gasteiger partial charge in [-0.3, -0.25) is 14.4 Å². The van der Waals surface area contributed by atoms with Gasteiger partial charge in [0.05, 0.1) is 38.1 Å². The van der Waals surface area contributed by atoms with Crippen molar-refractivity contribution in [3.63, 3.8) is 0 Å². The molecule has 0 aliphatic heterocycles. The van der Waals surface area contributed by atoms with Crippen LogP contribution >= 0.6 is 0 Å². The molecule has 0 aromatic carbocycles. The molecule has 0 aromatic heterocycles. The Balaban J connectivity index is 4.66. The van der Waals surface area contributed by atoms with Gasteiger partial charge in [-0.25, -0.2) is 0 Å². The van der Waals surface area contributed by atoms with Gasteiger partial charge in [0.2, 0.25) is 0 Å². The average Bonchev–Trinajstić information content (AvgIpc) is 2.69. The van der Waals surface area contributed by atoms with E-state index in [2.05, 4.69) is 13.8 Å². The van der Waals surface area contributed by atoms with Crippen molar-refractivity contribution in [2.75, 3.05) is 26.4 Å². The number of unbranched alkanes of at least 4 members (excludes halogenated alkanes) is 6. The van der Waals surface area contributed by atoms with Gasteiger partial charge in [0, 0.05) is 0 Å². The van der Waals surface area contributed by atoms with Crippen LogP contribution in [0.4, 0.5) is 0 Å². The molecule has 0 heterocycles. The number of aliphatic hydroxyl groups excluding tert-OH is 1. The van der Waals surface area contributed by atoms with Crippen LogP contribution in [0, 0.1) is 11.8 Å². The highest BCUT2D eigenvalue weighted by molar-refractivity contribution is 5.85. The first kappa shape index (κ1) is 26.4. The molecule has 0 saturated heterocycles. The van der Waals surface area contributed by atoms with E-state index in [0.717, 1.165) is 51.4 Å². The SMILES string of the molecule is CCCCCCOC(=O)CC(C(=O)OCCCCCC)C(C)C(=O)OCCO. The largest absolute Gasteiger partial charge is 0.466 e. The molecule has 2 unspecified atom stereocenters. The van der Waals surface area contributed by atoms with Gasteiger partial charge in [-0.1, -0.05) is 59.3 Å². The minimum absolute atomic E-state index is 0.149. The summed E-state index contributed by atoms with van der Waals surface area (Å²) >= 11 is 0. The summed E-state index contributed by atoms with van der Waals surface area (Å²) in [6.07, 6.45) is 7.56. The van der Waals surface area contributed by atoms with Crippen LogP contribution in [0.5, 0.6) is 0 Å². The fraction of sp³-hybridized carbons (Fsp3) is 0.857. The fourth-order valence-corrected chi connectivity index (χ4v) is 2.67. The summed E-state index contributed by atoms with van der Waals surface area (Å²) in [5, 5.41) is 8.79. The second-order valence-electron chi connectivity index (χ2n) is 7.00. The Morgan fingerprint density at radius 1 is 0.750 bits per heavy atom. The average molecular weight is 403 g/mol. The van der Waals surface area contributed by atoms with Crippen LogP contribution < -0.4 is 0 Å². The van der Waals surface area contributed by atoms with Crippen LogP contribution in [0.25, 0.3) is 0 Å². The van der Waals surface area contributed by atoms with Gasteiger partial charge in [0.1, 0.15) is 6.61 Å². The maximum atomic E-state index is 12.5. The van der Waals surface area contributed by atoms with E-state index in [0.29, 0.717) is 6.61 Å². The van der Waals surface area contributed by atoms with E-state index < -0.39 is 29.7 Å². The summed E-state index contributed by atoms with van der Waals surface area (Å²) in [7, 11) is 0. The second kappa shape index (κ2) is 17.5. The Hall–Kier alpha value is -1.63. The number of aliphatic hydroxyl groups is 1. The summed E-state index contributed by atoms with van der Waals surface area (Å²) in [6, 6.07) is 0. The molecule has 28 heavy (non-hydrogen) atoms. The van der Waals surface area contributed by atoms with Crippen LogP contribution in [0.2, 0.25) is 0 Å². The number of ether oxygens (including phenoxy) is 3. The van der Waals surface area contributed by atoms with Crippen molar-refractivity contribution in [3.8, 4) is 0 Å². The van der Waals surface area contributed by atoms with Gasteiger partial charge >= 0.3 is 17.9 Å². The quantitative estimate of drug-likeness (QED) is 0.226. The third-order valence-corrected chi connectivity index (χ3v) is 4.50. The van der Waals surface area contributed by atoms with Gasteiger partial charge < -0.3 is 19.3 Å². The maximum absolute atomic E-state index is 12.5. The van der Waals surface area contributed by atoms with Crippen molar-refractivity contribution >= 4 is 17.9 Å². The van der Waals surface area contributed by atoms with Gasteiger partial charge in [-0.05, 0) is 12.8 Å². The minimum atomic E-state index is -0.958. The third-order valence-electron chi connectivity index (χ3n) is 4.50. The van der Waals surface area contributed by atoms with Gasteiger partial charge in [0.25, 0.3) is 0 Å². The highest BCUT2D eigenvalue weighted by atomic mass is 16.5. The Labute approximate surface area is 169 Å². The number of hydrogen-bond acceptors (Lipinski definition) is 7. The number of esters is 3. The molecule has 0 bridgehead atoms. The van der Waals surface area contributed by atoms with Gasteiger partial charge in [0.15, 0.2) is 0 Å². The molecule has 7 heteroatoms. The zero-order valence-electron chi connectivity index (χ0n) is 17.7. The van der Waals surface area contributed by atoms with Gasteiger partial charge in [-0.15, -0.1) is 0 Å². The van der Waals surface area contributed by atoms with Crippen molar-refractivity contribution in [2.45, 2.75) is 78.6 Å². The molecule has 0 aliphatic carbocycles. The Morgan fingerprint density at radius 3 is 1.82 bits per heavy atom. The smallest absolute Gasteiger partial charge is 0.310 e. The molecule has 0 aromatic rings. The van der Waals surface area contributed by atoms with Crippen molar-refractivity contribution in [1.82, 2.24) is 0 Å². The normalized spacial score (nSPS) is 12.9. The first-order chi connectivity index (χ1) is 13.5. The fourth-order valence-electron chi connectivity index (χ4n) is 2.67. The summed E-state index contributed by atoms with van der Waals surface area (Å²) in [5.74, 6) is -3.57. The highest BCUT2D eigenvalue weighted by Gasteiger charge is 2.35. The zero-order chi connectivity index (χ0) is 21.2. The first-order valence-electron chi connectivity index (χ1n) is 10.6. The van der Waals surface area contributed by atoms with E-state index in [1.165, 1.54) is 6.92 Å². The molecule has 0 spiro atoms. The highest BCUT2D eigenvalue weighted by Crippen LogP contribution is 2.21. The lowest BCUT2D eigenvalue weighted by Crippen LogP contribution is -2.33. The second-order valence-corrected chi connectivity index (χ2v) is 7.00. The number of carbonyl (C=O) groups is 3. The predicted octanol–water partition coefficient (Wildman–Crippen LogP) is 3.41. The molecule has 0 fully saturated rings. The molecular weight excluding hydrogens is 364 g/mol. The summed E-state index contributed by atoms with van der Waals surface area (Å²) < 4.78 is 15.4. The van der Waals surface area contributed by atoms with E-state index in [9.17, 15) is 14.4 Å². The number of rotatable bonds is 17. The third kappa shape index (κ3) is 12.7.